The molecule has 1 fully saturated rings. The minimum atomic E-state index is -2.72. The van der Waals surface area contributed by atoms with E-state index in [9.17, 15) is 34.8 Å². The molecule has 0 heterocycles. The number of Topliss-reactive ketones (excluding diaryl/α,β-unsaturated/α-hetero) is 2. The third kappa shape index (κ3) is 3.37. The molecule has 0 spiro atoms. The number of carbonyl (C=O) groups excluding carboxylic acids is 3. The van der Waals surface area contributed by atoms with Crippen molar-refractivity contribution in [3.63, 3.8) is 0 Å². The summed E-state index contributed by atoms with van der Waals surface area (Å²) >= 11 is 0. The molecule has 4 rings (SSSR count). The van der Waals surface area contributed by atoms with Crippen LogP contribution in [0.2, 0.25) is 0 Å². The fourth-order valence-corrected chi connectivity index (χ4v) is 5.74. The molecule has 188 valence electrons. The summed E-state index contributed by atoms with van der Waals surface area (Å²) in [5.41, 5.74) is 1.31. The number of halogens is 1. The van der Waals surface area contributed by atoms with Crippen molar-refractivity contribution in [2.45, 2.75) is 38.0 Å². The number of aliphatic hydroxyl groups is 3. The second-order valence-corrected chi connectivity index (χ2v) is 9.46. The molecule has 1 saturated carbocycles. The fraction of sp³-hybridized carbons (Fsp3) is 0.458. The molecular weight excluding hydrogens is 461 g/mol. The first kappa shape index (κ1) is 24.8. The number of amides is 1. The van der Waals surface area contributed by atoms with Crippen molar-refractivity contribution in [2.24, 2.45) is 17.6 Å². The van der Waals surface area contributed by atoms with Crippen molar-refractivity contribution >= 4 is 23.2 Å². The monoisotopic (exact) mass is 489 g/mol. The Balaban J connectivity index is 1.94. The van der Waals surface area contributed by atoms with Crippen LogP contribution in [0.1, 0.15) is 30.0 Å². The first-order valence-electron chi connectivity index (χ1n) is 11.3. The molecule has 0 bridgehead atoms. The number of nitrogens with two attached hydrogens (primary N) is 1. The van der Waals surface area contributed by atoms with Gasteiger partial charge in [0.25, 0.3) is 5.91 Å². The number of hydrogen-bond donors (Lipinski definition) is 6. The lowest BCUT2D eigenvalue weighted by Crippen LogP contribution is -2.65. The Labute approximate surface area is 200 Å². The lowest BCUT2D eigenvalue weighted by Gasteiger charge is -2.50. The van der Waals surface area contributed by atoms with Crippen LogP contribution < -0.4 is 11.1 Å². The minimum Gasteiger partial charge on any atom is -0.508 e. The molecule has 3 aliphatic carbocycles. The summed E-state index contributed by atoms with van der Waals surface area (Å²) in [6, 6.07) is -0.0337. The smallest absolute Gasteiger partial charge is 0.255 e. The van der Waals surface area contributed by atoms with E-state index in [-0.39, 0.29) is 41.6 Å². The molecule has 4 atom stereocenters. The van der Waals surface area contributed by atoms with Gasteiger partial charge in [-0.2, -0.15) is 0 Å². The lowest BCUT2D eigenvalue weighted by molar-refractivity contribution is -0.153. The third-order valence-electron chi connectivity index (χ3n) is 7.29. The first-order valence-corrected chi connectivity index (χ1v) is 11.3. The number of nitrogens with one attached hydrogen (secondary N) is 1. The fourth-order valence-electron chi connectivity index (χ4n) is 5.74. The van der Waals surface area contributed by atoms with Crippen molar-refractivity contribution in [3.8, 4) is 5.75 Å². The number of nitrogens with zero attached hydrogens (tertiary/aromatic N) is 1. The maximum Gasteiger partial charge on any atom is 0.255 e. The molecule has 11 heteroatoms. The topological polar surface area (TPSA) is 173 Å². The Hall–Kier alpha value is -3.28. The van der Waals surface area contributed by atoms with Crippen LogP contribution in [0.25, 0.3) is 5.76 Å². The number of phenolic OH excluding ortho intramolecular Hbond substituents is 1. The molecule has 7 N–H and O–H groups in total. The average Bonchev–Trinajstić information content (AvgIpc) is 2.77. The van der Waals surface area contributed by atoms with Crippen molar-refractivity contribution in [3.05, 3.63) is 45.5 Å². The molecule has 3 aliphatic rings. The van der Waals surface area contributed by atoms with Gasteiger partial charge in [-0.25, -0.2) is 4.39 Å². The summed E-state index contributed by atoms with van der Waals surface area (Å²) in [6.45, 7) is 2.54. The number of likely N-dealkylation sites (N-methyl/N-ethyl adjacent to an activating group) is 1. The zero-order valence-electron chi connectivity index (χ0n) is 19.6. The summed E-state index contributed by atoms with van der Waals surface area (Å²) in [4.78, 5) is 40.1. The number of fused-ring (bicyclic) bond motifs is 3. The zero-order chi connectivity index (χ0) is 26.0. The van der Waals surface area contributed by atoms with Gasteiger partial charge in [0, 0.05) is 29.2 Å². The summed E-state index contributed by atoms with van der Waals surface area (Å²) in [5, 5.41) is 46.9. The van der Waals surface area contributed by atoms with Crippen LogP contribution >= 0.6 is 0 Å². The van der Waals surface area contributed by atoms with Gasteiger partial charge in [0.1, 0.15) is 28.7 Å². The Morgan fingerprint density at radius 3 is 2.51 bits per heavy atom. The molecule has 1 amide bonds. The molecule has 10 nitrogen and oxygen atoms in total. The van der Waals surface area contributed by atoms with E-state index in [0.717, 1.165) is 6.07 Å². The van der Waals surface area contributed by atoms with E-state index >= 15 is 4.39 Å². The summed E-state index contributed by atoms with van der Waals surface area (Å²) < 4.78 is 15.4. The minimum absolute atomic E-state index is 0.0171. The first-order chi connectivity index (χ1) is 16.4. The van der Waals surface area contributed by atoms with Crippen LogP contribution in [-0.2, 0) is 27.3 Å². The Kier molecular flexibility index (Phi) is 5.98. The molecule has 0 aromatic heterocycles. The van der Waals surface area contributed by atoms with E-state index in [0.29, 0.717) is 6.54 Å². The van der Waals surface area contributed by atoms with Gasteiger partial charge in [-0.3, -0.25) is 19.3 Å². The summed E-state index contributed by atoms with van der Waals surface area (Å²) in [7, 11) is 3.02. The number of primary amides is 1. The van der Waals surface area contributed by atoms with Gasteiger partial charge < -0.3 is 31.5 Å². The Morgan fingerprint density at radius 2 is 1.94 bits per heavy atom. The van der Waals surface area contributed by atoms with Crippen LogP contribution in [0.5, 0.6) is 5.75 Å². The highest BCUT2D eigenvalue weighted by Crippen LogP contribution is 2.53. The number of phenols is 1. The average molecular weight is 490 g/mol. The van der Waals surface area contributed by atoms with Gasteiger partial charge in [0.05, 0.1) is 11.6 Å². The molecule has 0 saturated heterocycles. The Morgan fingerprint density at radius 1 is 1.29 bits per heavy atom. The highest BCUT2D eigenvalue weighted by Gasteiger charge is 2.64. The van der Waals surface area contributed by atoms with Crippen LogP contribution in [0.15, 0.2) is 23.0 Å². The van der Waals surface area contributed by atoms with E-state index in [4.69, 9.17) is 5.73 Å². The van der Waals surface area contributed by atoms with E-state index < -0.39 is 69.6 Å². The van der Waals surface area contributed by atoms with Gasteiger partial charge in [-0.1, -0.05) is 6.92 Å². The van der Waals surface area contributed by atoms with Crippen LogP contribution in [0.4, 0.5) is 4.39 Å². The van der Waals surface area contributed by atoms with Gasteiger partial charge >= 0.3 is 0 Å². The number of aromatic hydroxyl groups is 1. The third-order valence-corrected chi connectivity index (χ3v) is 7.29. The predicted molar refractivity (Wildman–Crippen MR) is 122 cm³/mol. The molecular formula is C24H28FN3O7. The molecule has 0 unspecified atom stereocenters. The van der Waals surface area contributed by atoms with E-state index in [1.807, 2.05) is 6.92 Å². The molecule has 0 radical (unpaired) electrons. The normalized spacial score (nSPS) is 28.2. The largest absolute Gasteiger partial charge is 0.508 e. The number of hydrogen-bond acceptors (Lipinski definition) is 9. The summed E-state index contributed by atoms with van der Waals surface area (Å²) in [6.07, 6.45) is -0.183. The van der Waals surface area contributed by atoms with Crippen molar-refractivity contribution in [2.75, 3.05) is 20.6 Å². The molecule has 0 aliphatic heterocycles. The van der Waals surface area contributed by atoms with Gasteiger partial charge in [-0.05, 0) is 45.5 Å². The molecule has 35 heavy (non-hydrogen) atoms. The molecule has 1 aromatic rings. The molecule has 1 aromatic carbocycles. The Bertz CT molecular complexity index is 1220. The van der Waals surface area contributed by atoms with E-state index in [1.165, 1.54) is 19.0 Å². The predicted octanol–water partition coefficient (Wildman–Crippen LogP) is 0.213. The van der Waals surface area contributed by atoms with Crippen molar-refractivity contribution in [1.29, 1.82) is 0 Å². The number of carbonyl (C=O) groups is 3. The number of rotatable bonds is 5. The summed E-state index contributed by atoms with van der Waals surface area (Å²) in [5.74, 6) is -8.26. The highest BCUT2D eigenvalue weighted by atomic mass is 19.1. The van der Waals surface area contributed by atoms with Crippen LogP contribution in [0, 0.1) is 17.7 Å². The number of ketones is 2. The maximum absolute atomic E-state index is 15.4. The highest BCUT2D eigenvalue weighted by molar-refractivity contribution is 6.24. The zero-order valence-corrected chi connectivity index (χ0v) is 19.6. The van der Waals surface area contributed by atoms with E-state index in [2.05, 4.69) is 5.32 Å². The second-order valence-electron chi connectivity index (χ2n) is 9.46. The lowest BCUT2D eigenvalue weighted by atomic mass is 9.57. The SMILES string of the molecule is CCNCc1cc(O)c2c(c1F)C[C@H]1C[C@H]3[C@H](N(C)C)C(=O)C(C(N)=O)=C(O)[C@@]3(O)C(=O)C1=C2O. The standard InChI is InChI=1S/C24H28FN3O7/c1-4-27-8-10-7-13(29)15-11(17(10)25)5-9-6-12-18(28(2)3)20(31)16(23(26)34)22(33)24(12,35)21(32)14(9)19(15)30/h7,9,12,18,27,29-30,33,35H,4-6,8H2,1-3H3,(H2,26,34)/t9-,12-,18-,24-/m0/s1. The van der Waals surface area contributed by atoms with Gasteiger partial charge in [0.2, 0.25) is 5.78 Å². The van der Waals surface area contributed by atoms with Gasteiger partial charge in [0.15, 0.2) is 11.4 Å². The van der Waals surface area contributed by atoms with Crippen LogP contribution in [-0.4, -0.2) is 75.1 Å². The van der Waals surface area contributed by atoms with Crippen LogP contribution in [0.3, 0.4) is 0 Å². The van der Waals surface area contributed by atoms with Crippen molar-refractivity contribution in [1.82, 2.24) is 10.2 Å². The van der Waals surface area contributed by atoms with E-state index in [1.54, 1.807) is 0 Å². The quantitative estimate of drug-likeness (QED) is 0.316. The van der Waals surface area contributed by atoms with Gasteiger partial charge in [-0.15, -0.1) is 0 Å². The number of benzene rings is 1. The number of aliphatic hydroxyl groups excluding tert-OH is 2. The van der Waals surface area contributed by atoms with Crippen molar-refractivity contribution < 1.29 is 39.2 Å². The second kappa shape index (κ2) is 8.43. The maximum atomic E-state index is 15.4.